The number of nitrogens with zero attached hydrogens (tertiary/aromatic N) is 3. The third-order valence-electron chi connectivity index (χ3n) is 3.84. The van der Waals surface area contributed by atoms with Crippen LogP contribution in [0.5, 0.6) is 0 Å². The van der Waals surface area contributed by atoms with Crippen molar-refractivity contribution >= 4 is 11.6 Å². The second-order valence-corrected chi connectivity index (χ2v) is 6.94. The van der Waals surface area contributed by atoms with Crippen LogP contribution in [-0.4, -0.2) is 17.7 Å². The number of aromatic nitrogens is 1. The fourth-order valence-corrected chi connectivity index (χ4v) is 2.40. The van der Waals surface area contributed by atoms with Gasteiger partial charge in [0, 0.05) is 0 Å². The Labute approximate surface area is 206 Å². The number of nitrogens with one attached hydrogen (secondary N) is 1. The number of hydrogen-bond donors (Lipinski definition) is 1. The van der Waals surface area contributed by atoms with Crippen LogP contribution in [0.15, 0.2) is 63.0 Å². The summed E-state index contributed by atoms with van der Waals surface area (Å²) in [7, 11) is 0. The summed E-state index contributed by atoms with van der Waals surface area (Å²) in [5.74, 6) is 0.710. The molecule has 0 bridgehead atoms. The average molecular weight is 400 g/mol. The first-order valence-electron chi connectivity index (χ1n) is 8.54. The summed E-state index contributed by atoms with van der Waals surface area (Å²) in [6.45, 7) is 6.62. The predicted octanol–water partition coefficient (Wildman–Crippen LogP) is -0.274. The van der Waals surface area contributed by atoms with Gasteiger partial charge in [-0.1, -0.05) is 32.5 Å². The second-order valence-electron chi connectivity index (χ2n) is 6.94. The van der Waals surface area contributed by atoms with E-state index in [0.29, 0.717) is 17.6 Å². The van der Waals surface area contributed by atoms with Crippen LogP contribution in [0.25, 0.3) is 0 Å². The third kappa shape index (κ3) is 5.92. The molecular weight excluding hydrogens is 379 g/mol. The summed E-state index contributed by atoms with van der Waals surface area (Å²) in [5.41, 5.74) is 1.36. The van der Waals surface area contributed by atoms with Gasteiger partial charge in [0.05, 0.1) is 16.3 Å². The summed E-state index contributed by atoms with van der Waals surface area (Å²) in [6.07, 6.45) is 2.62. The number of rotatable bonds is 2. The van der Waals surface area contributed by atoms with Gasteiger partial charge in [-0.05, 0) is 23.3 Å². The molecule has 3 aromatic rings. The molecule has 0 aliphatic carbocycles. The molecule has 1 aliphatic rings. The Hall–Kier alpha value is -1.64. The van der Waals surface area contributed by atoms with Crippen molar-refractivity contribution in [1.82, 2.24) is 5.16 Å². The van der Waals surface area contributed by atoms with Gasteiger partial charge in [0.2, 0.25) is 0 Å². The molecule has 138 valence electrons. The van der Waals surface area contributed by atoms with Crippen molar-refractivity contribution in [3.8, 4) is 0 Å². The largest absolute Gasteiger partial charge is 1.00 e. The monoisotopic (exact) mass is 399 g/mol. The normalized spacial score (nSPS) is 11.7. The van der Waals surface area contributed by atoms with E-state index in [1.165, 1.54) is 0 Å². The zero-order valence-electron chi connectivity index (χ0n) is 16.5. The molecule has 1 aromatic heterocycles. The van der Waals surface area contributed by atoms with Crippen LogP contribution < -0.4 is 67.4 Å². The summed E-state index contributed by atoms with van der Waals surface area (Å²) in [4.78, 5) is 20.6. The molecule has 0 atom stereocenters. The number of para-hydroxylation sites is 1. The quantitative estimate of drug-likeness (QED) is 0.476. The van der Waals surface area contributed by atoms with E-state index in [4.69, 9.17) is 4.52 Å². The summed E-state index contributed by atoms with van der Waals surface area (Å²) >= 11 is 0. The molecule has 6 nitrogen and oxygen atoms in total. The Kier molecular flexibility index (Phi) is 8.27. The van der Waals surface area contributed by atoms with E-state index in [2.05, 4.69) is 53.5 Å². The van der Waals surface area contributed by atoms with Crippen LogP contribution in [0.1, 0.15) is 36.9 Å². The van der Waals surface area contributed by atoms with E-state index >= 15 is 0 Å². The van der Waals surface area contributed by atoms with E-state index in [0.717, 1.165) is 16.8 Å². The van der Waals surface area contributed by atoms with Gasteiger partial charge in [-0.2, -0.15) is 24.3 Å². The Balaban J connectivity index is 0.000000239. The number of anilines is 1. The number of carbonyl (C=O) groups excluding carboxylic acids is 1. The SMILES string of the molecule is CC(C)(C)c1c[c-]no1.O=C(Nc1cc[c-]cc1)c1cccc2c1=NCN=2.[K+]. The Morgan fingerprint density at radius 2 is 1.89 bits per heavy atom. The fraction of sp³-hybridized carbons (Fsp3) is 0.238. The number of fused-ring (bicyclic) bond motifs is 1. The molecule has 1 amide bonds. The van der Waals surface area contributed by atoms with E-state index in [9.17, 15) is 4.79 Å². The topological polar surface area (TPSA) is 79.9 Å². The molecule has 7 heteroatoms. The summed E-state index contributed by atoms with van der Waals surface area (Å²) in [5, 5.41) is 7.78. The van der Waals surface area contributed by atoms with Crippen LogP contribution in [0.3, 0.4) is 0 Å². The van der Waals surface area contributed by atoms with Gasteiger partial charge in [0.25, 0.3) is 5.91 Å². The van der Waals surface area contributed by atoms with Crippen molar-refractivity contribution in [3.05, 3.63) is 82.8 Å². The number of hydrogen-bond acceptors (Lipinski definition) is 5. The van der Waals surface area contributed by atoms with E-state index in [-0.39, 0.29) is 62.7 Å². The molecule has 1 N–H and O–H groups in total. The molecule has 4 rings (SSSR count). The van der Waals surface area contributed by atoms with Crippen molar-refractivity contribution in [2.24, 2.45) is 9.98 Å². The molecule has 0 saturated carbocycles. The Morgan fingerprint density at radius 1 is 1.14 bits per heavy atom. The van der Waals surface area contributed by atoms with Crippen LogP contribution >= 0.6 is 0 Å². The van der Waals surface area contributed by atoms with Crippen molar-refractivity contribution in [2.45, 2.75) is 26.2 Å². The molecule has 0 unspecified atom stereocenters. The zero-order valence-corrected chi connectivity index (χ0v) is 19.6. The predicted molar refractivity (Wildman–Crippen MR) is 101 cm³/mol. The molecule has 2 heterocycles. The standard InChI is InChI=1S/C14H10N3O.C7H10NO.K/c18-14(17-10-5-2-1-3-6-10)11-7-4-8-12-13(11)16-9-15-12;1-7(2,3)6-4-5-8-9-6;/h2-8H,9H2,(H,17,18);4H,1-3H3;/q2*-1;+1. The number of benzene rings is 2. The molecule has 0 fully saturated rings. The zero-order chi connectivity index (χ0) is 19.3. The van der Waals surface area contributed by atoms with Crippen molar-refractivity contribution in [1.29, 1.82) is 0 Å². The van der Waals surface area contributed by atoms with Crippen LogP contribution in [0.4, 0.5) is 5.69 Å². The maximum absolute atomic E-state index is 12.2. The van der Waals surface area contributed by atoms with Crippen LogP contribution in [-0.2, 0) is 5.41 Å². The van der Waals surface area contributed by atoms with Gasteiger partial charge in [0.15, 0.2) is 0 Å². The van der Waals surface area contributed by atoms with Crippen LogP contribution in [0.2, 0.25) is 0 Å². The fourth-order valence-electron chi connectivity index (χ4n) is 2.40. The molecule has 0 radical (unpaired) electrons. The molecule has 1 aliphatic heterocycles. The maximum Gasteiger partial charge on any atom is 1.00 e. The first-order chi connectivity index (χ1) is 12.9. The Bertz CT molecular complexity index is 1030. The van der Waals surface area contributed by atoms with Gasteiger partial charge in [-0.3, -0.25) is 14.8 Å². The van der Waals surface area contributed by atoms with E-state index < -0.39 is 0 Å². The third-order valence-corrected chi connectivity index (χ3v) is 3.84. The molecule has 28 heavy (non-hydrogen) atoms. The smallest absolute Gasteiger partial charge is 0.470 e. The second kappa shape index (κ2) is 10.2. The minimum Gasteiger partial charge on any atom is -0.470 e. The molecular formula is C21H20KN4O2-. The maximum atomic E-state index is 12.2. The first-order valence-corrected chi connectivity index (χ1v) is 8.54. The molecule has 0 saturated heterocycles. The van der Waals surface area contributed by atoms with E-state index in [1.54, 1.807) is 36.4 Å². The van der Waals surface area contributed by atoms with Crippen molar-refractivity contribution in [2.75, 3.05) is 12.0 Å². The molecule has 2 aromatic carbocycles. The Morgan fingerprint density at radius 3 is 2.50 bits per heavy atom. The summed E-state index contributed by atoms with van der Waals surface area (Å²) in [6, 6.07) is 17.2. The molecule has 0 spiro atoms. The minimum atomic E-state index is -0.168. The average Bonchev–Trinajstić information content (AvgIpc) is 3.34. The summed E-state index contributed by atoms with van der Waals surface area (Å²) < 4.78 is 4.89. The minimum absolute atomic E-state index is 0. The van der Waals surface area contributed by atoms with Crippen molar-refractivity contribution in [3.63, 3.8) is 0 Å². The number of carbonyl (C=O) groups is 1. The van der Waals surface area contributed by atoms with Gasteiger partial charge in [-0.25, -0.2) is 5.16 Å². The van der Waals surface area contributed by atoms with Gasteiger partial charge in [-0.15, -0.1) is 18.3 Å². The van der Waals surface area contributed by atoms with Gasteiger partial charge >= 0.3 is 51.4 Å². The van der Waals surface area contributed by atoms with E-state index in [1.807, 2.05) is 12.1 Å². The number of amides is 1. The van der Waals surface area contributed by atoms with Crippen molar-refractivity contribution < 1.29 is 60.7 Å². The van der Waals surface area contributed by atoms with Gasteiger partial charge in [0.1, 0.15) is 6.67 Å². The first kappa shape index (κ1) is 22.6. The van der Waals surface area contributed by atoms with Gasteiger partial charge < -0.3 is 9.84 Å². The van der Waals surface area contributed by atoms with Crippen LogP contribution in [0, 0.1) is 12.3 Å².